The first kappa shape index (κ1) is 16.8. The summed E-state index contributed by atoms with van der Waals surface area (Å²) >= 11 is 1.64. The van der Waals surface area contributed by atoms with E-state index >= 15 is 0 Å². The monoisotopic (exact) mass is 365 g/mol. The molecule has 1 aromatic carbocycles. The van der Waals surface area contributed by atoms with Crippen molar-refractivity contribution in [3.8, 4) is 23.0 Å². The molecule has 5 nitrogen and oxygen atoms in total. The summed E-state index contributed by atoms with van der Waals surface area (Å²) in [4.78, 5) is 15.0. The minimum Gasteiger partial charge on any atom is -0.493 e. The van der Waals surface area contributed by atoms with Crippen LogP contribution in [0.4, 0.5) is 0 Å². The van der Waals surface area contributed by atoms with E-state index in [1.807, 2.05) is 36.4 Å². The van der Waals surface area contributed by atoms with Crippen LogP contribution in [0.2, 0.25) is 0 Å². The lowest BCUT2D eigenvalue weighted by atomic mass is 10.2. The van der Waals surface area contributed by atoms with Gasteiger partial charge in [0.05, 0.1) is 14.2 Å². The summed E-state index contributed by atoms with van der Waals surface area (Å²) in [6.07, 6.45) is 4.91. The van der Waals surface area contributed by atoms with E-state index < -0.39 is 0 Å². The van der Waals surface area contributed by atoms with Crippen LogP contribution in [0.3, 0.4) is 0 Å². The van der Waals surface area contributed by atoms with E-state index in [9.17, 15) is 0 Å². The molecule has 0 atom stereocenters. The van der Waals surface area contributed by atoms with E-state index in [1.165, 1.54) is 5.56 Å². The van der Waals surface area contributed by atoms with Crippen molar-refractivity contribution in [1.29, 1.82) is 0 Å². The highest BCUT2D eigenvalue weighted by Crippen LogP contribution is 2.38. The topological polar surface area (TPSA) is 57.1 Å². The number of aromatic nitrogens is 3. The Bertz CT molecular complexity index is 932. The lowest BCUT2D eigenvalue weighted by molar-refractivity contribution is 0.354. The van der Waals surface area contributed by atoms with Gasteiger partial charge < -0.3 is 9.47 Å². The van der Waals surface area contributed by atoms with Crippen molar-refractivity contribution in [2.75, 3.05) is 14.2 Å². The van der Waals surface area contributed by atoms with E-state index in [0.29, 0.717) is 11.6 Å². The number of rotatable bonds is 5. The first-order chi connectivity index (χ1) is 12.8. The fourth-order valence-corrected chi connectivity index (χ4v) is 4.08. The van der Waals surface area contributed by atoms with E-state index in [2.05, 4.69) is 4.98 Å². The second kappa shape index (κ2) is 7.33. The van der Waals surface area contributed by atoms with Gasteiger partial charge in [-0.2, -0.15) is 0 Å². The zero-order valence-corrected chi connectivity index (χ0v) is 15.5. The molecule has 0 bridgehead atoms. The third-order valence-electron chi connectivity index (χ3n) is 4.36. The average Bonchev–Trinajstić information content (AvgIpc) is 3.17. The number of methoxy groups -OCH3 is 2. The molecule has 2 heterocycles. The summed E-state index contributed by atoms with van der Waals surface area (Å²) < 4.78 is 10.7. The van der Waals surface area contributed by atoms with Gasteiger partial charge in [0.1, 0.15) is 10.7 Å². The molecule has 0 saturated carbocycles. The fourth-order valence-electron chi connectivity index (χ4n) is 3.08. The predicted octanol–water partition coefficient (Wildman–Crippen LogP) is 4.20. The molecule has 26 heavy (non-hydrogen) atoms. The van der Waals surface area contributed by atoms with Gasteiger partial charge in [-0.3, -0.25) is 4.98 Å². The summed E-state index contributed by atoms with van der Waals surface area (Å²) in [5, 5.41) is 1.00. The number of hydrogen-bond donors (Lipinski definition) is 0. The van der Waals surface area contributed by atoms with E-state index in [0.717, 1.165) is 46.3 Å². The SMILES string of the molecule is COc1ccc(Sc2nc(-c3ccccn3)nc3c2CCC3)cc1OC. The Labute approximate surface area is 156 Å². The maximum absolute atomic E-state index is 5.42. The highest BCUT2D eigenvalue weighted by Gasteiger charge is 2.21. The van der Waals surface area contributed by atoms with Crippen molar-refractivity contribution >= 4 is 11.8 Å². The van der Waals surface area contributed by atoms with Gasteiger partial charge in [-0.1, -0.05) is 17.8 Å². The molecule has 0 fully saturated rings. The first-order valence-electron chi connectivity index (χ1n) is 8.49. The van der Waals surface area contributed by atoms with Gasteiger partial charge in [0.15, 0.2) is 17.3 Å². The molecule has 0 unspecified atom stereocenters. The molecule has 1 aliphatic rings. The van der Waals surface area contributed by atoms with Crippen LogP contribution in [-0.4, -0.2) is 29.2 Å². The van der Waals surface area contributed by atoms with Crippen molar-refractivity contribution in [3.63, 3.8) is 0 Å². The van der Waals surface area contributed by atoms with Crippen LogP contribution in [0.1, 0.15) is 17.7 Å². The molecular formula is C20H19N3O2S. The minimum atomic E-state index is 0.689. The molecule has 0 aliphatic heterocycles. The van der Waals surface area contributed by atoms with Gasteiger partial charge in [0.2, 0.25) is 0 Å². The van der Waals surface area contributed by atoms with Crippen molar-refractivity contribution in [2.24, 2.45) is 0 Å². The van der Waals surface area contributed by atoms with E-state index in [4.69, 9.17) is 19.4 Å². The van der Waals surface area contributed by atoms with Crippen molar-refractivity contribution < 1.29 is 9.47 Å². The van der Waals surface area contributed by atoms with Crippen LogP contribution in [0.25, 0.3) is 11.5 Å². The van der Waals surface area contributed by atoms with Gasteiger partial charge in [0, 0.05) is 22.3 Å². The molecule has 1 aliphatic carbocycles. The quantitative estimate of drug-likeness (QED) is 0.632. The fraction of sp³-hybridized carbons (Fsp3) is 0.250. The Morgan fingerprint density at radius 2 is 1.85 bits per heavy atom. The molecule has 3 aromatic rings. The van der Waals surface area contributed by atoms with Gasteiger partial charge in [-0.05, 0) is 49.6 Å². The zero-order chi connectivity index (χ0) is 17.9. The van der Waals surface area contributed by atoms with Gasteiger partial charge >= 0.3 is 0 Å². The van der Waals surface area contributed by atoms with Gasteiger partial charge in [-0.15, -0.1) is 0 Å². The van der Waals surface area contributed by atoms with Crippen LogP contribution in [0, 0.1) is 0 Å². The number of fused-ring (bicyclic) bond motifs is 1. The van der Waals surface area contributed by atoms with Crippen LogP contribution >= 0.6 is 11.8 Å². The van der Waals surface area contributed by atoms with Gasteiger partial charge in [0.25, 0.3) is 0 Å². The third kappa shape index (κ3) is 3.24. The lowest BCUT2D eigenvalue weighted by Gasteiger charge is -2.12. The summed E-state index contributed by atoms with van der Waals surface area (Å²) in [5.41, 5.74) is 3.20. The highest BCUT2D eigenvalue weighted by atomic mass is 32.2. The molecule has 0 radical (unpaired) electrons. The molecule has 0 saturated heterocycles. The van der Waals surface area contributed by atoms with Crippen molar-refractivity contribution in [1.82, 2.24) is 15.0 Å². The molecule has 132 valence electrons. The average molecular weight is 365 g/mol. The number of hydrogen-bond acceptors (Lipinski definition) is 6. The second-order valence-corrected chi connectivity index (χ2v) is 7.03. The molecule has 4 rings (SSSR count). The number of aryl methyl sites for hydroxylation is 1. The number of ether oxygens (including phenoxy) is 2. The minimum absolute atomic E-state index is 0.689. The molecule has 0 amide bonds. The highest BCUT2D eigenvalue weighted by molar-refractivity contribution is 7.99. The summed E-state index contributed by atoms with van der Waals surface area (Å²) in [6.45, 7) is 0. The maximum atomic E-state index is 5.42. The van der Waals surface area contributed by atoms with E-state index in [1.54, 1.807) is 32.2 Å². The Hall–Kier alpha value is -2.60. The van der Waals surface area contributed by atoms with Crippen LogP contribution in [-0.2, 0) is 12.8 Å². The molecule has 0 N–H and O–H groups in total. The van der Waals surface area contributed by atoms with Crippen LogP contribution in [0.15, 0.2) is 52.5 Å². The molecule has 2 aromatic heterocycles. The van der Waals surface area contributed by atoms with Gasteiger partial charge in [-0.25, -0.2) is 9.97 Å². The Morgan fingerprint density at radius 3 is 2.62 bits per heavy atom. The number of benzene rings is 1. The smallest absolute Gasteiger partial charge is 0.179 e. The summed E-state index contributed by atoms with van der Waals surface area (Å²) in [7, 11) is 3.29. The zero-order valence-electron chi connectivity index (χ0n) is 14.7. The molecule has 0 spiro atoms. The Morgan fingerprint density at radius 1 is 0.962 bits per heavy atom. The summed E-state index contributed by atoms with van der Waals surface area (Å²) in [5.74, 6) is 2.13. The van der Waals surface area contributed by atoms with Crippen LogP contribution in [0.5, 0.6) is 11.5 Å². The number of nitrogens with zero attached hydrogens (tertiary/aromatic N) is 3. The predicted molar refractivity (Wildman–Crippen MR) is 101 cm³/mol. The van der Waals surface area contributed by atoms with Crippen molar-refractivity contribution in [3.05, 3.63) is 53.9 Å². The standard InChI is InChI=1S/C20H19N3O2S/c1-24-17-10-9-13(12-18(17)25-2)26-20-14-6-5-8-15(14)22-19(23-20)16-7-3-4-11-21-16/h3-4,7,9-12H,5-6,8H2,1-2H3. The second-order valence-electron chi connectivity index (χ2n) is 5.96. The maximum Gasteiger partial charge on any atom is 0.179 e. The van der Waals surface area contributed by atoms with E-state index in [-0.39, 0.29) is 0 Å². The summed E-state index contributed by atoms with van der Waals surface area (Å²) in [6, 6.07) is 11.7. The molecular weight excluding hydrogens is 346 g/mol. The Balaban J connectivity index is 1.73. The largest absolute Gasteiger partial charge is 0.493 e. The number of pyridine rings is 1. The third-order valence-corrected chi connectivity index (χ3v) is 5.38. The Kier molecular flexibility index (Phi) is 4.75. The van der Waals surface area contributed by atoms with Crippen molar-refractivity contribution in [2.45, 2.75) is 29.2 Å². The first-order valence-corrected chi connectivity index (χ1v) is 9.31. The van der Waals surface area contributed by atoms with Crippen LogP contribution < -0.4 is 9.47 Å². The normalized spacial score (nSPS) is 12.7. The molecule has 6 heteroatoms. The lowest BCUT2D eigenvalue weighted by Crippen LogP contribution is -2.00.